The van der Waals surface area contributed by atoms with Crippen molar-refractivity contribution in [3.05, 3.63) is 52.5 Å². The van der Waals surface area contributed by atoms with Gasteiger partial charge in [-0.05, 0) is 29.1 Å². The van der Waals surface area contributed by atoms with Crippen LogP contribution in [0.1, 0.15) is 15.9 Å². The lowest BCUT2D eigenvalue weighted by molar-refractivity contribution is 0.0681. The maximum Gasteiger partial charge on any atom is 0.255 e. The van der Waals surface area contributed by atoms with E-state index in [-0.39, 0.29) is 5.91 Å². The molecular weight excluding hydrogens is 260 g/mol. The topological polar surface area (TPSA) is 42.4 Å². The molecule has 2 rings (SSSR count). The van der Waals surface area contributed by atoms with Gasteiger partial charge in [-0.15, -0.1) is 0 Å². The number of carbonyl (C=O) groups excluding carboxylic acids is 1. The van der Waals surface area contributed by atoms with Gasteiger partial charge in [-0.3, -0.25) is 9.78 Å². The Hall–Kier alpha value is -1.72. The van der Waals surface area contributed by atoms with Crippen LogP contribution in [-0.4, -0.2) is 36.1 Å². The fourth-order valence-corrected chi connectivity index (χ4v) is 2.36. The summed E-state index contributed by atoms with van der Waals surface area (Å²) in [6, 6.07) is 5.68. The Morgan fingerprint density at radius 3 is 2.79 bits per heavy atom. The van der Waals surface area contributed by atoms with Gasteiger partial charge < -0.3 is 9.64 Å². The molecule has 0 unspecified atom stereocenters. The van der Waals surface area contributed by atoms with E-state index < -0.39 is 0 Å². The zero-order chi connectivity index (χ0) is 13.5. The normalized spacial score (nSPS) is 10.4. The first kappa shape index (κ1) is 13.7. The first-order valence-corrected chi connectivity index (χ1v) is 6.95. The van der Waals surface area contributed by atoms with Crippen molar-refractivity contribution in [2.24, 2.45) is 0 Å². The summed E-state index contributed by atoms with van der Waals surface area (Å²) in [5.41, 5.74) is 1.80. The summed E-state index contributed by atoms with van der Waals surface area (Å²) in [5, 5.41) is 3.78. The Kier molecular flexibility index (Phi) is 5.06. The molecule has 0 aliphatic carbocycles. The van der Waals surface area contributed by atoms with Crippen LogP contribution in [0, 0.1) is 0 Å². The lowest BCUT2D eigenvalue weighted by atomic mass is 10.2. The zero-order valence-electron chi connectivity index (χ0n) is 10.8. The molecule has 2 aromatic heterocycles. The molecule has 0 aliphatic heterocycles. The molecule has 19 heavy (non-hydrogen) atoms. The average Bonchev–Trinajstić information content (AvgIpc) is 2.98. The molecule has 5 heteroatoms. The van der Waals surface area contributed by atoms with E-state index in [9.17, 15) is 4.79 Å². The number of carbonyl (C=O) groups is 1. The highest BCUT2D eigenvalue weighted by Gasteiger charge is 2.16. The molecule has 1 amide bonds. The summed E-state index contributed by atoms with van der Waals surface area (Å²) < 4.78 is 5.07. The number of aromatic nitrogens is 1. The van der Waals surface area contributed by atoms with Gasteiger partial charge in [-0.2, -0.15) is 11.3 Å². The summed E-state index contributed by atoms with van der Waals surface area (Å²) in [5.74, 6) is 0.0371. The molecule has 0 atom stereocenters. The lowest BCUT2D eigenvalue weighted by Gasteiger charge is -2.22. The highest BCUT2D eigenvalue weighted by atomic mass is 32.1. The predicted molar refractivity (Wildman–Crippen MR) is 75.2 cm³/mol. The van der Waals surface area contributed by atoms with E-state index in [2.05, 4.69) is 4.98 Å². The van der Waals surface area contributed by atoms with Gasteiger partial charge in [0.15, 0.2) is 0 Å². The molecule has 4 nitrogen and oxygen atoms in total. The Bertz CT molecular complexity index is 499. The number of rotatable bonds is 6. The van der Waals surface area contributed by atoms with E-state index in [1.165, 1.54) is 11.3 Å². The number of thiophene rings is 1. The molecule has 0 bridgehead atoms. The van der Waals surface area contributed by atoms with Crippen LogP contribution < -0.4 is 0 Å². The fourth-order valence-electron chi connectivity index (χ4n) is 1.73. The third-order valence-corrected chi connectivity index (χ3v) is 3.43. The number of ether oxygens (including phenoxy) is 1. The van der Waals surface area contributed by atoms with Crippen molar-refractivity contribution < 1.29 is 9.53 Å². The molecule has 0 aliphatic rings. The van der Waals surface area contributed by atoms with Gasteiger partial charge in [-0.25, -0.2) is 0 Å². The molecule has 0 aromatic carbocycles. The van der Waals surface area contributed by atoms with E-state index in [0.717, 1.165) is 11.1 Å². The molecule has 0 fully saturated rings. The van der Waals surface area contributed by atoms with Gasteiger partial charge in [0.2, 0.25) is 0 Å². The molecule has 0 N–H and O–H groups in total. The molecule has 0 saturated carbocycles. The van der Waals surface area contributed by atoms with Gasteiger partial charge in [0, 0.05) is 38.0 Å². The number of nitrogens with zero attached hydrogens (tertiary/aromatic N) is 2. The van der Waals surface area contributed by atoms with Gasteiger partial charge in [0.05, 0.1) is 12.2 Å². The minimum atomic E-state index is 0.0371. The summed E-state index contributed by atoms with van der Waals surface area (Å²) in [6.07, 6.45) is 3.47. The number of hydrogen-bond acceptors (Lipinski definition) is 4. The molecule has 100 valence electrons. The van der Waals surface area contributed by atoms with Crippen molar-refractivity contribution in [1.29, 1.82) is 0 Å². The number of hydrogen-bond donors (Lipinski definition) is 0. The first-order chi connectivity index (χ1) is 9.31. The quantitative estimate of drug-likeness (QED) is 0.814. The fraction of sp³-hybridized carbons (Fsp3) is 0.286. The molecule has 0 radical (unpaired) electrons. The second kappa shape index (κ2) is 7.01. The molecular formula is C14H16N2O2S. The Morgan fingerprint density at radius 2 is 2.16 bits per heavy atom. The van der Waals surface area contributed by atoms with Crippen LogP contribution >= 0.6 is 11.3 Å². The summed E-state index contributed by atoms with van der Waals surface area (Å²) in [4.78, 5) is 18.2. The second-order valence-corrected chi connectivity index (χ2v) is 4.87. The van der Waals surface area contributed by atoms with Gasteiger partial charge >= 0.3 is 0 Å². The maximum absolute atomic E-state index is 12.4. The molecule has 2 heterocycles. The minimum Gasteiger partial charge on any atom is -0.383 e. The van der Waals surface area contributed by atoms with Crippen molar-refractivity contribution in [2.75, 3.05) is 20.3 Å². The Morgan fingerprint density at radius 1 is 1.37 bits per heavy atom. The van der Waals surface area contributed by atoms with Crippen LogP contribution in [0.2, 0.25) is 0 Å². The van der Waals surface area contributed by atoms with E-state index in [0.29, 0.717) is 19.7 Å². The summed E-state index contributed by atoms with van der Waals surface area (Å²) in [6.45, 7) is 1.68. The SMILES string of the molecule is COCCN(Cc1ccncc1)C(=O)c1ccsc1. The number of methoxy groups -OCH3 is 1. The van der Waals surface area contributed by atoms with Gasteiger partial charge in [0.25, 0.3) is 5.91 Å². The first-order valence-electron chi connectivity index (χ1n) is 6.00. The Labute approximate surface area is 116 Å². The average molecular weight is 276 g/mol. The third kappa shape index (κ3) is 3.87. The van der Waals surface area contributed by atoms with Crippen molar-refractivity contribution >= 4 is 17.2 Å². The lowest BCUT2D eigenvalue weighted by Crippen LogP contribution is -2.33. The van der Waals surface area contributed by atoms with Crippen LogP contribution in [0.4, 0.5) is 0 Å². The molecule has 0 saturated heterocycles. The summed E-state index contributed by atoms with van der Waals surface area (Å²) >= 11 is 1.53. The van der Waals surface area contributed by atoms with Gasteiger partial charge in [0.1, 0.15) is 0 Å². The van der Waals surface area contributed by atoms with Crippen LogP contribution in [0.5, 0.6) is 0 Å². The molecule has 2 aromatic rings. The van der Waals surface area contributed by atoms with Crippen LogP contribution in [0.25, 0.3) is 0 Å². The standard InChI is InChI=1S/C14H16N2O2S/c1-18-8-7-16(10-12-2-5-15-6-3-12)14(17)13-4-9-19-11-13/h2-6,9,11H,7-8,10H2,1H3. The Balaban J connectivity index is 2.09. The van der Waals surface area contributed by atoms with E-state index in [1.807, 2.05) is 29.0 Å². The number of pyridine rings is 1. The number of amides is 1. The van der Waals surface area contributed by atoms with Crippen LogP contribution in [-0.2, 0) is 11.3 Å². The second-order valence-electron chi connectivity index (χ2n) is 4.09. The van der Waals surface area contributed by atoms with Crippen molar-refractivity contribution in [1.82, 2.24) is 9.88 Å². The summed E-state index contributed by atoms with van der Waals surface area (Å²) in [7, 11) is 1.64. The maximum atomic E-state index is 12.4. The van der Waals surface area contributed by atoms with E-state index in [4.69, 9.17) is 4.74 Å². The smallest absolute Gasteiger partial charge is 0.255 e. The predicted octanol–water partition coefficient (Wildman–Crippen LogP) is 2.43. The van der Waals surface area contributed by atoms with Crippen LogP contribution in [0.15, 0.2) is 41.4 Å². The van der Waals surface area contributed by atoms with Crippen molar-refractivity contribution in [3.63, 3.8) is 0 Å². The molecule has 0 spiro atoms. The van der Waals surface area contributed by atoms with E-state index in [1.54, 1.807) is 24.4 Å². The van der Waals surface area contributed by atoms with Crippen molar-refractivity contribution in [3.8, 4) is 0 Å². The monoisotopic (exact) mass is 276 g/mol. The van der Waals surface area contributed by atoms with Gasteiger partial charge in [-0.1, -0.05) is 0 Å². The van der Waals surface area contributed by atoms with E-state index >= 15 is 0 Å². The highest BCUT2D eigenvalue weighted by Crippen LogP contribution is 2.12. The van der Waals surface area contributed by atoms with Crippen molar-refractivity contribution in [2.45, 2.75) is 6.54 Å². The zero-order valence-corrected chi connectivity index (χ0v) is 11.6. The largest absolute Gasteiger partial charge is 0.383 e. The minimum absolute atomic E-state index is 0.0371. The van der Waals surface area contributed by atoms with Crippen LogP contribution in [0.3, 0.4) is 0 Å². The highest BCUT2D eigenvalue weighted by molar-refractivity contribution is 7.08. The third-order valence-electron chi connectivity index (χ3n) is 2.74.